The molecule has 0 bridgehead atoms. The minimum absolute atomic E-state index is 0.0256. The van der Waals surface area contributed by atoms with Crippen LogP contribution in [0.15, 0.2) is 35.4 Å². The first kappa shape index (κ1) is 19.6. The fraction of sp³-hybridized carbons (Fsp3) is 0.421. The van der Waals surface area contributed by atoms with Crippen molar-refractivity contribution in [1.82, 2.24) is 4.57 Å². The van der Waals surface area contributed by atoms with Gasteiger partial charge >= 0.3 is 0 Å². The van der Waals surface area contributed by atoms with Gasteiger partial charge < -0.3 is 14.6 Å². The maximum atomic E-state index is 13.4. The highest BCUT2D eigenvalue weighted by Crippen LogP contribution is 2.32. The molecule has 0 saturated carbocycles. The minimum Gasteiger partial charge on any atom is -0.381 e. The lowest BCUT2D eigenvalue weighted by Crippen LogP contribution is -2.27. The second-order valence-corrected chi connectivity index (χ2v) is 9.45. The lowest BCUT2D eigenvalue weighted by Gasteiger charge is -2.20. The van der Waals surface area contributed by atoms with E-state index in [1.165, 1.54) is 35.0 Å². The zero-order valence-corrected chi connectivity index (χ0v) is 16.4. The van der Waals surface area contributed by atoms with Crippen molar-refractivity contribution in [3.63, 3.8) is 0 Å². The predicted octanol–water partition coefficient (Wildman–Crippen LogP) is 2.93. The quantitative estimate of drug-likeness (QED) is 0.846. The van der Waals surface area contributed by atoms with Gasteiger partial charge in [0.2, 0.25) is 0 Å². The van der Waals surface area contributed by atoms with E-state index in [0.717, 1.165) is 0 Å². The van der Waals surface area contributed by atoms with Crippen LogP contribution in [0, 0.1) is 18.2 Å². The minimum atomic E-state index is -3.55. The van der Waals surface area contributed by atoms with Crippen LogP contribution in [0.1, 0.15) is 29.4 Å². The number of anilines is 1. The maximum absolute atomic E-state index is 13.4. The van der Waals surface area contributed by atoms with Gasteiger partial charge in [0, 0.05) is 31.0 Å². The summed E-state index contributed by atoms with van der Waals surface area (Å²) in [6, 6.07) is 5.63. The van der Waals surface area contributed by atoms with Crippen LogP contribution in [0.4, 0.5) is 10.1 Å². The van der Waals surface area contributed by atoms with Crippen molar-refractivity contribution in [2.45, 2.75) is 25.2 Å². The Hall–Kier alpha value is -2.19. The summed E-state index contributed by atoms with van der Waals surface area (Å²) in [6.07, 6.45) is 2.13. The second kappa shape index (κ2) is 7.09. The van der Waals surface area contributed by atoms with Crippen molar-refractivity contribution in [3.05, 3.63) is 47.5 Å². The van der Waals surface area contributed by atoms with Crippen molar-refractivity contribution in [2.75, 3.05) is 24.3 Å². The molecule has 27 heavy (non-hydrogen) atoms. The number of benzene rings is 1. The fourth-order valence-corrected chi connectivity index (χ4v) is 5.13. The Balaban J connectivity index is 1.80. The molecule has 1 aromatic heterocycles. The van der Waals surface area contributed by atoms with E-state index in [1.807, 2.05) is 6.92 Å². The summed E-state index contributed by atoms with van der Waals surface area (Å²) in [5.41, 5.74) is 0.654. The van der Waals surface area contributed by atoms with Crippen LogP contribution in [0.2, 0.25) is 0 Å². The molecule has 146 valence electrons. The van der Waals surface area contributed by atoms with Crippen molar-refractivity contribution < 1.29 is 22.3 Å². The molecular formula is C19H23FN2O4S. The van der Waals surface area contributed by atoms with Crippen molar-refractivity contribution in [1.29, 1.82) is 0 Å². The first-order chi connectivity index (χ1) is 12.6. The third-order valence-electron chi connectivity index (χ3n) is 4.83. The number of halogens is 1. The highest BCUT2D eigenvalue weighted by atomic mass is 32.2. The number of hydrogen-bond donors (Lipinski definition) is 1. The number of carbonyl (C=O) groups is 1. The summed E-state index contributed by atoms with van der Waals surface area (Å²) < 4.78 is 45.7. The highest BCUT2D eigenvalue weighted by Gasteiger charge is 2.36. The Morgan fingerprint density at radius 1 is 1.37 bits per heavy atom. The SMILES string of the molecule is Cc1cc(NC(=O)c2cc(S(=O)(=O)CC3(C)CCOC3)cn2C)ccc1F. The molecule has 1 aromatic carbocycles. The largest absolute Gasteiger partial charge is 0.381 e. The Kier molecular flexibility index (Phi) is 5.14. The molecule has 0 aliphatic carbocycles. The number of carbonyl (C=O) groups excluding carboxylic acids is 1. The zero-order chi connectivity index (χ0) is 19.8. The molecule has 6 nitrogen and oxygen atoms in total. The first-order valence-corrected chi connectivity index (χ1v) is 10.3. The molecule has 1 saturated heterocycles. The number of ether oxygens (including phenoxy) is 1. The summed E-state index contributed by atoms with van der Waals surface area (Å²) >= 11 is 0. The molecule has 1 unspecified atom stereocenters. The fourth-order valence-electron chi connectivity index (χ4n) is 3.21. The normalized spacial score (nSPS) is 20.0. The summed E-state index contributed by atoms with van der Waals surface area (Å²) in [5.74, 6) is -0.840. The number of nitrogens with zero attached hydrogens (tertiary/aromatic N) is 1. The molecule has 1 amide bonds. The van der Waals surface area contributed by atoms with Gasteiger partial charge in [0.1, 0.15) is 11.5 Å². The third kappa shape index (κ3) is 4.22. The number of rotatable bonds is 5. The smallest absolute Gasteiger partial charge is 0.272 e. The topological polar surface area (TPSA) is 77.4 Å². The Bertz CT molecular complexity index is 976. The molecule has 1 aliphatic heterocycles. The van der Waals surface area contributed by atoms with Gasteiger partial charge in [-0.1, -0.05) is 6.92 Å². The highest BCUT2D eigenvalue weighted by molar-refractivity contribution is 7.91. The molecule has 1 aliphatic rings. The monoisotopic (exact) mass is 394 g/mol. The number of sulfone groups is 1. The molecule has 0 radical (unpaired) electrons. The summed E-state index contributed by atoms with van der Waals surface area (Å²) in [4.78, 5) is 12.6. The Morgan fingerprint density at radius 3 is 2.74 bits per heavy atom. The number of nitrogens with one attached hydrogen (secondary N) is 1. The average molecular weight is 394 g/mol. The molecule has 3 rings (SSSR count). The molecular weight excluding hydrogens is 371 g/mol. The molecule has 2 aromatic rings. The van der Waals surface area contributed by atoms with Crippen LogP contribution in [-0.4, -0.2) is 37.9 Å². The van der Waals surface area contributed by atoms with Crippen LogP contribution in [0.5, 0.6) is 0 Å². The van der Waals surface area contributed by atoms with Crippen LogP contribution in [-0.2, 0) is 21.6 Å². The molecule has 1 fully saturated rings. The second-order valence-electron chi connectivity index (χ2n) is 7.46. The van der Waals surface area contributed by atoms with E-state index in [2.05, 4.69) is 5.32 Å². The molecule has 1 atom stereocenters. The van der Waals surface area contributed by atoms with E-state index in [1.54, 1.807) is 14.0 Å². The number of aromatic nitrogens is 1. The van der Waals surface area contributed by atoms with E-state index in [4.69, 9.17) is 4.74 Å². The summed E-state index contributed by atoms with van der Waals surface area (Å²) in [6.45, 7) is 4.47. The van der Waals surface area contributed by atoms with Gasteiger partial charge in [0.05, 0.1) is 17.3 Å². The van der Waals surface area contributed by atoms with Crippen LogP contribution in [0.3, 0.4) is 0 Å². The number of amides is 1. The third-order valence-corrected chi connectivity index (χ3v) is 6.84. The molecule has 1 N–H and O–H groups in total. The van der Waals surface area contributed by atoms with Gasteiger partial charge in [0.25, 0.3) is 5.91 Å². The van der Waals surface area contributed by atoms with Crippen LogP contribution >= 0.6 is 0 Å². The number of hydrogen-bond acceptors (Lipinski definition) is 4. The van der Waals surface area contributed by atoms with E-state index in [9.17, 15) is 17.6 Å². The van der Waals surface area contributed by atoms with Gasteiger partial charge in [-0.25, -0.2) is 12.8 Å². The lowest BCUT2D eigenvalue weighted by molar-refractivity contribution is 0.101. The van der Waals surface area contributed by atoms with Crippen LogP contribution < -0.4 is 5.32 Å². The number of aryl methyl sites for hydroxylation is 2. The first-order valence-electron chi connectivity index (χ1n) is 8.64. The predicted molar refractivity (Wildman–Crippen MR) is 100 cm³/mol. The molecule has 2 heterocycles. The summed E-state index contributed by atoms with van der Waals surface area (Å²) in [7, 11) is -1.94. The average Bonchev–Trinajstić information content (AvgIpc) is 3.17. The van der Waals surface area contributed by atoms with Gasteiger partial charge in [0.15, 0.2) is 9.84 Å². The Labute approximate surface area is 158 Å². The standard InChI is InChI=1S/C19H23FN2O4S/c1-13-8-14(4-5-16(13)20)21-18(23)17-9-15(10-22(17)3)27(24,25)12-19(2)6-7-26-11-19/h4-5,8-10H,6-7,11-12H2,1-3H3,(H,21,23). The van der Waals surface area contributed by atoms with E-state index in [0.29, 0.717) is 30.9 Å². The van der Waals surface area contributed by atoms with Crippen molar-refractivity contribution in [2.24, 2.45) is 12.5 Å². The van der Waals surface area contributed by atoms with Gasteiger partial charge in [-0.2, -0.15) is 0 Å². The lowest BCUT2D eigenvalue weighted by atomic mass is 9.93. The maximum Gasteiger partial charge on any atom is 0.272 e. The van der Waals surface area contributed by atoms with E-state index in [-0.39, 0.29) is 22.2 Å². The zero-order valence-electron chi connectivity index (χ0n) is 15.6. The van der Waals surface area contributed by atoms with Gasteiger partial charge in [-0.05, 0) is 43.2 Å². The molecule has 0 spiro atoms. The van der Waals surface area contributed by atoms with E-state index < -0.39 is 21.2 Å². The van der Waals surface area contributed by atoms with Crippen molar-refractivity contribution in [3.8, 4) is 0 Å². The van der Waals surface area contributed by atoms with E-state index >= 15 is 0 Å². The van der Waals surface area contributed by atoms with Crippen molar-refractivity contribution >= 4 is 21.4 Å². The van der Waals surface area contributed by atoms with Gasteiger partial charge in [-0.15, -0.1) is 0 Å². The van der Waals surface area contributed by atoms with Gasteiger partial charge in [-0.3, -0.25) is 4.79 Å². The summed E-state index contributed by atoms with van der Waals surface area (Å²) in [5, 5.41) is 2.67. The molecule has 8 heteroatoms. The van der Waals surface area contributed by atoms with Crippen LogP contribution in [0.25, 0.3) is 0 Å². The Morgan fingerprint density at radius 2 is 2.11 bits per heavy atom.